The van der Waals surface area contributed by atoms with Crippen molar-refractivity contribution < 1.29 is 17.6 Å². The minimum atomic E-state index is -4.04. The summed E-state index contributed by atoms with van der Waals surface area (Å²) in [6, 6.07) is 13.9. The SMILES string of the molecule is O=C(CSc1cccc2cccnc12)NNS(=O)(=O)c1cccc(F)c1. The zero-order valence-corrected chi connectivity index (χ0v) is 15.0. The predicted octanol–water partition coefficient (Wildman–Crippen LogP) is 2.48. The van der Waals surface area contributed by atoms with E-state index < -0.39 is 21.7 Å². The van der Waals surface area contributed by atoms with Gasteiger partial charge in [0, 0.05) is 16.5 Å². The number of pyridine rings is 1. The molecule has 26 heavy (non-hydrogen) atoms. The van der Waals surface area contributed by atoms with E-state index in [2.05, 4.69) is 10.4 Å². The highest BCUT2D eigenvalue weighted by molar-refractivity contribution is 8.00. The third kappa shape index (κ3) is 4.37. The summed E-state index contributed by atoms with van der Waals surface area (Å²) in [6.45, 7) is 0. The minimum absolute atomic E-state index is 0.0125. The minimum Gasteiger partial charge on any atom is -0.277 e. The molecule has 9 heteroatoms. The van der Waals surface area contributed by atoms with E-state index in [1.54, 1.807) is 6.20 Å². The number of hydrazine groups is 1. The molecule has 1 aromatic heterocycles. The Labute approximate surface area is 153 Å². The fourth-order valence-electron chi connectivity index (χ4n) is 2.19. The Bertz CT molecular complexity index is 1050. The summed E-state index contributed by atoms with van der Waals surface area (Å²) in [7, 11) is -4.04. The number of thioether (sulfide) groups is 1. The van der Waals surface area contributed by atoms with Crippen LogP contribution in [0.3, 0.4) is 0 Å². The van der Waals surface area contributed by atoms with Gasteiger partial charge in [0.2, 0.25) is 5.91 Å². The highest BCUT2D eigenvalue weighted by Crippen LogP contribution is 2.25. The third-order valence-corrected chi connectivity index (χ3v) is 5.68. The summed E-state index contributed by atoms with van der Waals surface area (Å²) < 4.78 is 37.2. The predicted molar refractivity (Wildman–Crippen MR) is 97.3 cm³/mol. The molecule has 2 N–H and O–H groups in total. The molecule has 1 heterocycles. The first-order valence-corrected chi connectivity index (χ1v) is 9.95. The third-order valence-electron chi connectivity index (χ3n) is 3.39. The van der Waals surface area contributed by atoms with Crippen LogP contribution >= 0.6 is 11.8 Å². The van der Waals surface area contributed by atoms with Gasteiger partial charge in [-0.15, -0.1) is 16.6 Å². The Morgan fingerprint density at radius 2 is 1.88 bits per heavy atom. The molecule has 0 saturated carbocycles. The summed E-state index contributed by atoms with van der Waals surface area (Å²) in [6.07, 6.45) is 1.67. The maximum atomic E-state index is 13.1. The number of amides is 1. The van der Waals surface area contributed by atoms with E-state index >= 15 is 0 Å². The van der Waals surface area contributed by atoms with Gasteiger partial charge < -0.3 is 0 Å². The van der Waals surface area contributed by atoms with Gasteiger partial charge in [0.15, 0.2) is 0 Å². The van der Waals surface area contributed by atoms with Crippen LogP contribution in [0.25, 0.3) is 10.9 Å². The summed E-state index contributed by atoms with van der Waals surface area (Å²) in [5.41, 5.74) is 2.89. The molecular formula is C17H14FN3O3S2. The summed E-state index contributed by atoms with van der Waals surface area (Å²) >= 11 is 1.24. The smallest absolute Gasteiger partial charge is 0.257 e. The lowest BCUT2D eigenvalue weighted by atomic mass is 10.2. The number of sulfonamides is 1. The Hall–Kier alpha value is -2.49. The average molecular weight is 391 g/mol. The number of carbonyl (C=O) groups excluding carboxylic acids is 1. The monoisotopic (exact) mass is 391 g/mol. The molecule has 2 aromatic carbocycles. The number of fused-ring (bicyclic) bond motifs is 1. The molecule has 0 aliphatic rings. The van der Waals surface area contributed by atoms with Gasteiger partial charge in [-0.25, -0.2) is 12.8 Å². The fourth-order valence-corrected chi connectivity index (χ4v) is 3.92. The number of aromatic nitrogens is 1. The zero-order valence-electron chi connectivity index (χ0n) is 13.3. The van der Waals surface area contributed by atoms with Crippen LogP contribution in [0.5, 0.6) is 0 Å². The molecule has 0 aliphatic heterocycles. The number of carbonyl (C=O) groups is 1. The molecule has 0 aliphatic carbocycles. The Morgan fingerprint density at radius 1 is 1.12 bits per heavy atom. The van der Waals surface area contributed by atoms with Crippen molar-refractivity contribution in [1.82, 2.24) is 15.2 Å². The van der Waals surface area contributed by atoms with Gasteiger partial charge in [-0.2, -0.15) is 0 Å². The number of para-hydroxylation sites is 1. The quantitative estimate of drug-likeness (QED) is 0.498. The van der Waals surface area contributed by atoms with Gasteiger partial charge in [0.25, 0.3) is 10.0 Å². The lowest BCUT2D eigenvalue weighted by Crippen LogP contribution is -2.42. The second-order valence-electron chi connectivity index (χ2n) is 5.23. The number of rotatable bonds is 6. The first kappa shape index (κ1) is 18.3. The maximum absolute atomic E-state index is 13.1. The van der Waals surface area contributed by atoms with Crippen LogP contribution < -0.4 is 10.3 Å². The van der Waals surface area contributed by atoms with E-state index in [1.165, 1.54) is 23.9 Å². The van der Waals surface area contributed by atoms with Gasteiger partial charge in [-0.1, -0.05) is 24.3 Å². The van der Waals surface area contributed by atoms with Crippen molar-refractivity contribution >= 4 is 38.6 Å². The number of benzene rings is 2. The molecule has 0 spiro atoms. The van der Waals surface area contributed by atoms with E-state index in [-0.39, 0.29) is 10.6 Å². The second-order valence-corrected chi connectivity index (χ2v) is 7.93. The summed E-state index contributed by atoms with van der Waals surface area (Å²) in [5, 5.41) is 0.949. The molecule has 0 atom stereocenters. The van der Waals surface area contributed by atoms with E-state index in [0.717, 1.165) is 27.9 Å². The van der Waals surface area contributed by atoms with Gasteiger partial charge in [-0.3, -0.25) is 15.2 Å². The van der Waals surface area contributed by atoms with Crippen molar-refractivity contribution in [3.63, 3.8) is 0 Å². The topological polar surface area (TPSA) is 88.2 Å². The van der Waals surface area contributed by atoms with Crippen LogP contribution in [0.1, 0.15) is 0 Å². The second kappa shape index (κ2) is 7.81. The first-order chi connectivity index (χ1) is 12.5. The molecule has 0 unspecified atom stereocenters. The summed E-state index contributed by atoms with van der Waals surface area (Å²) in [5.74, 6) is -1.23. The number of nitrogens with one attached hydrogen (secondary N) is 2. The Morgan fingerprint density at radius 3 is 2.69 bits per heavy atom. The van der Waals surface area contributed by atoms with Crippen molar-refractivity contribution in [2.45, 2.75) is 9.79 Å². The van der Waals surface area contributed by atoms with Crippen LogP contribution in [-0.2, 0) is 14.8 Å². The molecule has 0 radical (unpaired) electrons. The molecule has 6 nitrogen and oxygen atoms in total. The average Bonchev–Trinajstić information content (AvgIpc) is 2.65. The molecule has 0 bridgehead atoms. The van der Waals surface area contributed by atoms with Crippen molar-refractivity contribution in [1.29, 1.82) is 0 Å². The van der Waals surface area contributed by atoms with E-state index in [9.17, 15) is 17.6 Å². The lowest BCUT2D eigenvalue weighted by molar-refractivity contribution is -0.119. The molecule has 3 rings (SSSR count). The fraction of sp³-hybridized carbons (Fsp3) is 0.0588. The summed E-state index contributed by atoms with van der Waals surface area (Å²) in [4.78, 5) is 18.7. The van der Waals surface area contributed by atoms with E-state index in [4.69, 9.17) is 0 Å². The molecule has 3 aromatic rings. The maximum Gasteiger partial charge on any atom is 0.257 e. The van der Waals surface area contributed by atoms with Crippen molar-refractivity contribution in [2.24, 2.45) is 0 Å². The van der Waals surface area contributed by atoms with Crippen LogP contribution in [0, 0.1) is 5.82 Å². The van der Waals surface area contributed by atoms with Gasteiger partial charge in [-0.05, 0) is 30.3 Å². The number of hydrogen-bond donors (Lipinski definition) is 2. The van der Waals surface area contributed by atoms with Crippen molar-refractivity contribution in [2.75, 3.05) is 5.75 Å². The zero-order chi connectivity index (χ0) is 18.6. The van der Waals surface area contributed by atoms with E-state index in [0.29, 0.717) is 0 Å². The number of nitrogens with zero attached hydrogens (tertiary/aromatic N) is 1. The van der Waals surface area contributed by atoms with Crippen molar-refractivity contribution in [3.05, 3.63) is 66.6 Å². The number of hydrogen-bond acceptors (Lipinski definition) is 5. The highest BCUT2D eigenvalue weighted by Gasteiger charge is 2.16. The largest absolute Gasteiger partial charge is 0.277 e. The standard InChI is InChI=1S/C17H14FN3O3S2/c18-13-6-2-7-14(10-13)26(23,24)21-20-16(22)11-25-15-8-1-4-12-5-3-9-19-17(12)15/h1-10,21H,11H2,(H,20,22). The first-order valence-electron chi connectivity index (χ1n) is 7.48. The van der Waals surface area contributed by atoms with Gasteiger partial charge in [0.05, 0.1) is 16.2 Å². The highest BCUT2D eigenvalue weighted by atomic mass is 32.2. The molecule has 1 amide bonds. The van der Waals surface area contributed by atoms with Crippen LogP contribution in [0.4, 0.5) is 4.39 Å². The normalized spacial score (nSPS) is 11.4. The van der Waals surface area contributed by atoms with Gasteiger partial charge in [0.1, 0.15) is 5.82 Å². The van der Waals surface area contributed by atoms with Crippen LogP contribution in [0.2, 0.25) is 0 Å². The molecule has 0 saturated heterocycles. The van der Waals surface area contributed by atoms with Crippen LogP contribution in [-0.4, -0.2) is 25.1 Å². The molecule has 134 valence electrons. The van der Waals surface area contributed by atoms with E-state index in [1.807, 2.05) is 35.2 Å². The van der Waals surface area contributed by atoms with Crippen LogP contribution in [0.15, 0.2) is 70.6 Å². The Kier molecular flexibility index (Phi) is 5.50. The van der Waals surface area contributed by atoms with Crippen molar-refractivity contribution in [3.8, 4) is 0 Å². The van der Waals surface area contributed by atoms with Gasteiger partial charge >= 0.3 is 0 Å². The Balaban J connectivity index is 1.61. The molecular weight excluding hydrogens is 377 g/mol. The lowest BCUT2D eigenvalue weighted by Gasteiger charge is -2.09. The molecule has 0 fully saturated rings. The number of halogens is 1.